The topological polar surface area (TPSA) is 3.24 Å². The van der Waals surface area contributed by atoms with Crippen molar-refractivity contribution in [2.75, 3.05) is 21.1 Å². The lowest BCUT2D eigenvalue weighted by molar-refractivity contribution is 0.505. The number of rotatable bonds is 4. The predicted molar refractivity (Wildman–Crippen MR) is 130 cm³/mol. The van der Waals surface area contributed by atoms with Crippen molar-refractivity contribution in [1.29, 1.82) is 0 Å². The molecule has 4 aromatic carbocycles. The van der Waals surface area contributed by atoms with E-state index in [0.717, 1.165) is 19.3 Å². The lowest BCUT2D eigenvalue weighted by Crippen LogP contribution is -1.99. The minimum atomic E-state index is 1.05. The number of aryl methyl sites for hydroxylation is 2. The van der Waals surface area contributed by atoms with Gasteiger partial charge in [-0.15, -0.1) is 0 Å². The van der Waals surface area contributed by atoms with Crippen molar-refractivity contribution in [3.63, 3.8) is 0 Å². The zero-order valence-corrected chi connectivity index (χ0v) is 18.5. The second kappa shape index (κ2) is 9.71. The van der Waals surface area contributed by atoms with Crippen LogP contribution in [-0.2, 0) is 12.8 Å². The summed E-state index contributed by atoms with van der Waals surface area (Å²) in [6.45, 7) is 4.53. The SMILES string of the molecule is CCCc1ccc2ccccc2c1-c1c(CC)ccc2ccccc12.CN(C)C. The number of hydrogen-bond acceptors (Lipinski definition) is 1. The lowest BCUT2D eigenvalue weighted by Gasteiger charge is -2.18. The fraction of sp³-hybridized carbons (Fsp3) is 0.286. The summed E-state index contributed by atoms with van der Waals surface area (Å²) in [5.74, 6) is 0. The zero-order valence-electron chi connectivity index (χ0n) is 18.5. The molecule has 4 aromatic rings. The smallest absolute Gasteiger partial charge is 0.00643 e. The molecule has 0 heterocycles. The monoisotopic (exact) mass is 383 g/mol. The molecule has 0 amide bonds. The van der Waals surface area contributed by atoms with Crippen LogP contribution < -0.4 is 0 Å². The van der Waals surface area contributed by atoms with Crippen LogP contribution in [0.2, 0.25) is 0 Å². The van der Waals surface area contributed by atoms with E-state index in [4.69, 9.17) is 0 Å². The molecule has 1 nitrogen and oxygen atoms in total. The van der Waals surface area contributed by atoms with E-state index in [-0.39, 0.29) is 0 Å². The Labute approximate surface area is 176 Å². The molecule has 29 heavy (non-hydrogen) atoms. The minimum Gasteiger partial charge on any atom is -0.312 e. The van der Waals surface area contributed by atoms with E-state index in [0.29, 0.717) is 0 Å². The number of benzene rings is 4. The average molecular weight is 384 g/mol. The molecule has 0 N–H and O–H groups in total. The van der Waals surface area contributed by atoms with Gasteiger partial charge < -0.3 is 4.90 Å². The van der Waals surface area contributed by atoms with Crippen LogP contribution in [0.5, 0.6) is 0 Å². The Morgan fingerprint density at radius 2 is 1.03 bits per heavy atom. The highest BCUT2D eigenvalue weighted by Crippen LogP contribution is 2.39. The Morgan fingerprint density at radius 1 is 0.586 bits per heavy atom. The van der Waals surface area contributed by atoms with Gasteiger partial charge in [0.05, 0.1) is 0 Å². The standard InChI is InChI=1S/C25H24.C3H9N/c1-3-9-21-17-16-20-11-6-8-13-23(20)25(21)24-18(4-2)14-15-19-10-5-7-12-22(19)24;1-4(2)3/h5-8,10-17H,3-4,9H2,1-2H3;1-3H3. The molecule has 0 radical (unpaired) electrons. The highest BCUT2D eigenvalue weighted by molar-refractivity contribution is 6.07. The molecule has 0 aliphatic heterocycles. The summed E-state index contributed by atoms with van der Waals surface area (Å²) in [7, 11) is 6.00. The summed E-state index contributed by atoms with van der Waals surface area (Å²) in [5.41, 5.74) is 5.77. The van der Waals surface area contributed by atoms with E-state index in [9.17, 15) is 0 Å². The van der Waals surface area contributed by atoms with Gasteiger partial charge in [-0.2, -0.15) is 0 Å². The molecule has 0 aromatic heterocycles. The van der Waals surface area contributed by atoms with Crippen LogP contribution in [-0.4, -0.2) is 26.0 Å². The fourth-order valence-corrected chi connectivity index (χ4v) is 4.00. The fourth-order valence-electron chi connectivity index (χ4n) is 4.00. The average Bonchev–Trinajstić information content (AvgIpc) is 2.73. The summed E-state index contributed by atoms with van der Waals surface area (Å²) in [6, 6.07) is 26.8. The van der Waals surface area contributed by atoms with Crippen LogP contribution in [0.4, 0.5) is 0 Å². The predicted octanol–water partition coefficient (Wildman–Crippen LogP) is 7.35. The summed E-state index contributed by atoms with van der Waals surface area (Å²) in [4.78, 5) is 2.00. The maximum Gasteiger partial charge on any atom is -0.00643 e. The van der Waals surface area contributed by atoms with Crippen LogP contribution in [0.25, 0.3) is 32.7 Å². The molecule has 0 saturated carbocycles. The Balaban J connectivity index is 0.000000552. The third-order valence-electron chi connectivity index (χ3n) is 5.18. The van der Waals surface area contributed by atoms with E-state index in [1.54, 1.807) is 0 Å². The van der Waals surface area contributed by atoms with E-state index >= 15 is 0 Å². The summed E-state index contributed by atoms with van der Waals surface area (Å²) in [6.07, 6.45) is 3.33. The van der Waals surface area contributed by atoms with Gasteiger partial charge in [-0.1, -0.05) is 93.1 Å². The van der Waals surface area contributed by atoms with Gasteiger partial charge >= 0.3 is 0 Å². The number of fused-ring (bicyclic) bond motifs is 2. The van der Waals surface area contributed by atoms with Crippen LogP contribution in [0.1, 0.15) is 31.4 Å². The third-order valence-corrected chi connectivity index (χ3v) is 5.18. The first-order valence-corrected chi connectivity index (χ1v) is 10.7. The van der Waals surface area contributed by atoms with E-state index in [2.05, 4.69) is 86.6 Å². The maximum absolute atomic E-state index is 2.34. The van der Waals surface area contributed by atoms with Crippen LogP contribution in [0.3, 0.4) is 0 Å². The first-order chi connectivity index (χ1) is 14.1. The Morgan fingerprint density at radius 3 is 1.52 bits per heavy atom. The van der Waals surface area contributed by atoms with Crippen LogP contribution in [0.15, 0.2) is 72.8 Å². The molecule has 0 aliphatic rings. The van der Waals surface area contributed by atoms with Crippen molar-refractivity contribution in [3.8, 4) is 11.1 Å². The van der Waals surface area contributed by atoms with E-state index in [1.807, 2.05) is 26.0 Å². The van der Waals surface area contributed by atoms with Gasteiger partial charge in [0.1, 0.15) is 0 Å². The third kappa shape index (κ3) is 4.68. The molecular formula is C28H33N. The molecular weight excluding hydrogens is 350 g/mol. The van der Waals surface area contributed by atoms with Crippen molar-refractivity contribution in [2.45, 2.75) is 33.1 Å². The molecule has 0 bridgehead atoms. The molecule has 150 valence electrons. The van der Waals surface area contributed by atoms with Gasteiger partial charge in [0.15, 0.2) is 0 Å². The Bertz CT molecular complexity index is 1090. The second-order valence-electron chi connectivity index (χ2n) is 8.09. The largest absolute Gasteiger partial charge is 0.312 e. The van der Waals surface area contributed by atoms with Gasteiger partial charge in [-0.25, -0.2) is 0 Å². The molecule has 0 atom stereocenters. The van der Waals surface area contributed by atoms with Crippen molar-refractivity contribution in [3.05, 3.63) is 83.9 Å². The zero-order chi connectivity index (χ0) is 20.8. The first kappa shape index (κ1) is 21.1. The maximum atomic E-state index is 2.34. The normalized spacial score (nSPS) is 11.0. The molecule has 1 heteroatoms. The Kier molecular flexibility index (Phi) is 7.06. The molecule has 0 saturated heterocycles. The van der Waals surface area contributed by atoms with Crippen molar-refractivity contribution in [1.82, 2.24) is 4.90 Å². The summed E-state index contributed by atoms with van der Waals surface area (Å²) >= 11 is 0. The summed E-state index contributed by atoms with van der Waals surface area (Å²) in [5, 5.41) is 5.40. The molecule has 0 aliphatic carbocycles. The van der Waals surface area contributed by atoms with Gasteiger partial charge in [-0.3, -0.25) is 0 Å². The molecule has 0 fully saturated rings. The second-order valence-corrected chi connectivity index (χ2v) is 8.09. The first-order valence-electron chi connectivity index (χ1n) is 10.7. The van der Waals surface area contributed by atoms with Gasteiger partial charge in [-0.05, 0) is 77.8 Å². The van der Waals surface area contributed by atoms with Crippen molar-refractivity contribution in [2.24, 2.45) is 0 Å². The van der Waals surface area contributed by atoms with Gasteiger partial charge in [0, 0.05) is 0 Å². The van der Waals surface area contributed by atoms with E-state index in [1.165, 1.54) is 43.8 Å². The van der Waals surface area contributed by atoms with E-state index < -0.39 is 0 Å². The highest BCUT2D eigenvalue weighted by atomic mass is 15.0. The number of hydrogen-bond donors (Lipinski definition) is 0. The molecule has 4 rings (SSSR count). The van der Waals surface area contributed by atoms with Gasteiger partial charge in [0.25, 0.3) is 0 Å². The van der Waals surface area contributed by atoms with Crippen molar-refractivity contribution < 1.29 is 0 Å². The minimum absolute atomic E-state index is 1.05. The molecule has 0 spiro atoms. The Hall–Kier alpha value is -2.64. The van der Waals surface area contributed by atoms with Crippen LogP contribution >= 0.6 is 0 Å². The van der Waals surface area contributed by atoms with Gasteiger partial charge in [0.2, 0.25) is 0 Å². The number of nitrogens with zero attached hydrogens (tertiary/aromatic N) is 1. The highest BCUT2D eigenvalue weighted by Gasteiger charge is 2.15. The molecule has 0 unspecified atom stereocenters. The van der Waals surface area contributed by atoms with Crippen LogP contribution in [0, 0.1) is 0 Å². The van der Waals surface area contributed by atoms with Crippen molar-refractivity contribution >= 4 is 21.5 Å². The quantitative estimate of drug-likeness (QED) is 0.356. The lowest BCUT2D eigenvalue weighted by atomic mass is 9.85. The summed E-state index contributed by atoms with van der Waals surface area (Å²) < 4.78 is 0.